The predicted molar refractivity (Wildman–Crippen MR) is 102 cm³/mol. The lowest BCUT2D eigenvalue weighted by Gasteiger charge is -2.27. The molecule has 0 saturated carbocycles. The Morgan fingerprint density at radius 1 is 1.04 bits per heavy atom. The molecule has 1 aliphatic heterocycles. The highest BCUT2D eigenvalue weighted by Crippen LogP contribution is 2.23. The molecular formula is C19H20N6O2. The molecular weight excluding hydrogens is 344 g/mol. The van der Waals surface area contributed by atoms with Crippen LogP contribution in [0.15, 0.2) is 48.8 Å². The first-order chi connectivity index (χ1) is 13.3. The van der Waals surface area contributed by atoms with Gasteiger partial charge < -0.3 is 20.1 Å². The monoisotopic (exact) mass is 364 g/mol. The molecule has 1 fully saturated rings. The lowest BCUT2D eigenvalue weighted by Crippen LogP contribution is -2.37. The van der Waals surface area contributed by atoms with Crippen LogP contribution < -0.4 is 10.2 Å². The van der Waals surface area contributed by atoms with Crippen LogP contribution in [0.3, 0.4) is 0 Å². The zero-order chi connectivity index (χ0) is 18.5. The van der Waals surface area contributed by atoms with Crippen LogP contribution >= 0.6 is 0 Å². The molecule has 3 heterocycles. The minimum Gasteiger partial charge on any atom is -0.508 e. The smallest absolute Gasteiger partial charge is 0.230 e. The van der Waals surface area contributed by atoms with Crippen LogP contribution in [0.1, 0.15) is 5.56 Å². The number of morpholine rings is 1. The highest BCUT2D eigenvalue weighted by molar-refractivity contribution is 5.60. The molecule has 0 amide bonds. The summed E-state index contributed by atoms with van der Waals surface area (Å²) in [7, 11) is 0. The van der Waals surface area contributed by atoms with Gasteiger partial charge in [0.15, 0.2) is 5.82 Å². The quantitative estimate of drug-likeness (QED) is 0.710. The fourth-order valence-corrected chi connectivity index (χ4v) is 2.80. The highest BCUT2D eigenvalue weighted by atomic mass is 16.5. The molecule has 2 aromatic heterocycles. The Bertz CT molecular complexity index is 900. The van der Waals surface area contributed by atoms with Crippen molar-refractivity contribution < 1.29 is 9.84 Å². The Morgan fingerprint density at radius 3 is 2.63 bits per heavy atom. The van der Waals surface area contributed by atoms with Crippen molar-refractivity contribution >= 4 is 11.9 Å². The van der Waals surface area contributed by atoms with Gasteiger partial charge in [0, 0.05) is 37.6 Å². The highest BCUT2D eigenvalue weighted by Gasteiger charge is 2.17. The van der Waals surface area contributed by atoms with Gasteiger partial charge in [0.1, 0.15) is 5.75 Å². The van der Waals surface area contributed by atoms with E-state index in [1.807, 2.05) is 18.2 Å². The van der Waals surface area contributed by atoms with Crippen LogP contribution in [0.2, 0.25) is 0 Å². The number of hydrogen-bond acceptors (Lipinski definition) is 8. The number of phenolic OH excluding ortho intramolecular Hbond substituents is 1. The van der Waals surface area contributed by atoms with Crippen LogP contribution in [0.4, 0.5) is 11.9 Å². The summed E-state index contributed by atoms with van der Waals surface area (Å²) in [6.45, 7) is 3.33. The molecule has 0 unspecified atom stereocenters. The fourth-order valence-electron chi connectivity index (χ4n) is 2.80. The van der Waals surface area contributed by atoms with E-state index in [0.29, 0.717) is 37.5 Å². The van der Waals surface area contributed by atoms with Gasteiger partial charge in [-0.15, -0.1) is 0 Å². The van der Waals surface area contributed by atoms with Gasteiger partial charge >= 0.3 is 0 Å². The second-order valence-electron chi connectivity index (χ2n) is 6.14. The molecule has 2 N–H and O–H groups in total. The predicted octanol–water partition coefficient (Wildman–Crippen LogP) is 2.09. The van der Waals surface area contributed by atoms with Crippen molar-refractivity contribution in [3.63, 3.8) is 0 Å². The zero-order valence-electron chi connectivity index (χ0n) is 14.7. The number of phenols is 1. The maximum atomic E-state index is 9.79. The number of nitrogens with zero attached hydrogens (tertiary/aromatic N) is 5. The maximum Gasteiger partial charge on any atom is 0.230 e. The Hall–Kier alpha value is -3.26. The van der Waals surface area contributed by atoms with Crippen LogP contribution in [0.5, 0.6) is 5.75 Å². The first kappa shape index (κ1) is 17.2. The lowest BCUT2D eigenvalue weighted by atomic mass is 10.2. The van der Waals surface area contributed by atoms with Crippen LogP contribution in [-0.2, 0) is 11.3 Å². The van der Waals surface area contributed by atoms with Gasteiger partial charge in [0.05, 0.1) is 13.2 Å². The number of benzene rings is 1. The van der Waals surface area contributed by atoms with Gasteiger partial charge in [-0.2, -0.15) is 15.0 Å². The first-order valence-corrected chi connectivity index (χ1v) is 8.79. The largest absolute Gasteiger partial charge is 0.508 e. The molecule has 138 valence electrons. The van der Waals surface area contributed by atoms with Crippen LogP contribution in [-0.4, -0.2) is 51.3 Å². The topological polar surface area (TPSA) is 96.3 Å². The summed E-state index contributed by atoms with van der Waals surface area (Å²) in [5.41, 5.74) is 1.82. The summed E-state index contributed by atoms with van der Waals surface area (Å²) in [5.74, 6) is 1.78. The molecule has 1 aromatic carbocycles. The molecule has 0 bridgehead atoms. The third-order valence-electron chi connectivity index (χ3n) is 4.22. The minimum atomic E-state index is 0.173. The average molecular weight is 364 g/mol. The number of hydrogen-bond donors (Lipinski definition) is 2. The summed E-state index contributed by atoms with van der Waals surface area (Å²) < 4.78 is 5.42. The first-order valence-electron chi connectivity index (χ1n) is 8.79. The van der Waals surface area contributed by atoms with Gasteiger partial charge in [-0.05, 0) is 29.8 Å². The van der Waals surface area contributed by atoms with Crippen molar-refractivity contribution in [1.82, 2.24) is 19.9 Å². The summed E-state index contributed by atoms with van der Waals surface area (Å²) in [6, 6.07) is 10.8. The normalized spacial score (nSPS) is 14.1. The molecule has 0 spiro atoms. The number of rotatable bonds is 5. The van der Waals surface area contributed by atoms with Gasteiger partial charge in [-0.1, -0.05) is 12.1 Å². The fraction of sp³-hybridized carbons (Fsp3) is 0.263. The van der Waals surface area contributed by atoms with Crippen molar-refractivity contribution in [1.29, 1.82) is 0 Å². The molecule has 8 heteroatoms. The Balaban J connectivity index is 1.65. The van der Waals surface area contributed by atoms with Crippen LogP contribution in [0, 0.1) is 0 Å². The van der Waals surface area contributed by atoms with E-state index in [9.17, 15) is 5.11 Å². The number of aromatic nitrogens is 4. The molecule has 1 saturated heterocycles. The summed E-state index contributed by atoms with van der Waals surface area (Å²) in [5, 5.41) is 13.0. The molecule has 3 aromatic rings. The maximum absolute atomic E-state index is 9.79. The summed E-state index contributed by atoms with van der Waals surface area (Å²) in [6.07, 6.45) is 3.50. The third kappa shape index (κ3) is 4.29. The van der Waals surface area contributed by atoms with E-state index in [4.69, 9.17) is 4.74 Å². The van der Waals surface area contributed by atoms with Crippen LogP contribution in [0.25, 0.3) is 11.4 Å². The molecule has 27 heavy (non-hydrogen) atoms. The van der Waals surface area contributed by atoms with Gasteiger partial charge in [-0.25, -0.2) is 0 Å². The van der Waals surface area contributed by atoms with Crippen molar-refractivity contribution in [3.05, 3.63) is 54.4 Å². The van der Waals surface area contributed by atoms with E-state index in [1.54, 1.807) is 30.6 Å². The Labute approximate surface area is 156 Å². The summed E-state index contributed by atoms with van der Waals surface area (Å²) in [4.78, 5) is 19.8. The van der Waals surface area contributed by atoms with Gasteiger partial charge in [0.25, 0.3) is 0 Å². The molecule has 8 nitrogen and oxygen atoms in total. The van der Waals surface area contributed by atoms with Crippen molar-refractivity contribution in [2.45, 2.75) is 6.54 Å². The summed E-state index contributed by atoms with van der Waals surface area (Å²) >= 11 is 0. The van der Waals surface area contributed by atoms with E-state index < -0.39 is 0 Å². The molecule has 0 atom stereocenters. The average Bonchev–Trinajstić information content (AvgIpc) is 2.73. The SMILES string of the molecule is Oc1cccc(-c2nc(NCc3ccncc3)nc(N3CCOCC3)n2)c1. The van der Waals surface area contributed by atoms with Gasteiger partial charge in [-0.3, -0.25) is 4.98 Å². The molecule has 0 radical (unpaired) electrons. The zero-order valence-corrected chi connectivity index (χ0v) is 14.7. The Morgan fingerprint density at radius 2 is 1.85 bits per heavy atom. The van der Waals surface area contributed by atoms with E-state index in [2.05, 4.69) is 30.2 Å². The molecule has 0 aliphatic carbocycles. The second-order valence-corrected chi connectivity index (χ2v) is 6.14. The Kier molecular flexibility index (Phi) is 5.06. The van der Waals surface area contributed by atoms with E-state index in [0.717, 1.165) is 24.2 Å². The minimum absolute atomic E-state index is 0.173. The lowest BCUT2D eigenvalue weighted by molar-refractivity contribution is 0.122. The van der Waals surface area contributed by atoms with E-state index in [-0.39, 0.29) is 5.75 Å². The number of pyridine rings is 1. The number of ether oxygens (including phenoxy) is 1. The number of aromatic hydroxyl groups is 1. The molecule has 1 aliphatic rings. The van der Waals surface area contributed by atoms with Crippen molar-refractivity contribution in [2.24, 2.45) is 0 Å². The van der Waals surface area contributed by atoms with E-state index in [1.165, 1.54) is 0 Å². The van der Waals surface area contributed by atoms with E-state index >= 15 is 0 Å². The second kappa shape index (κ2) is 7.96. The number of anilines is 2. The number of nitrogens with one attached hydrogen (secondary N) is 1. The molecule has 4 rings (SSSR count). The standard InChI is InChI=1S/C19H20N6O2/c26-16-3-1-2-15(12-16)17-22-18(21-13-14-4-6-20-7-5-14)24-19(23-17)25-8-10-27-11-9-25/h1-7,12,26H,8-11,13H2,(H,21,22,23,24). The van der Waals surface area contributed by atoms with Crippen molar-refractivity contribution in [2.75, 3.05) is 36.5 Å². The van der Waals surface area contributed by atoms with Gasteiger partial charge in [0.2, 0.25) is 11.9 Å². The van der Waals surface area contributed by atoms with Crippen molar-refractivity contribution in [3.8, 4) is 17.1 Å². The third-order valence-corrected chi connectivity index (χ3v) is 4.22.